The number of anilines is 1. The number of Topliss-reactive ketones (excluding diaryl/α,β-unsaturated/α-hetero) is 1. The Labute approximate surface area is 172 Å². The maximum Gasteiger partial charge on any atom is 0.294 e. The Balaban J connectivity index is 1.92. The average Bonchev–Trinajstić information content (AvgIpc) is 2.93. The molecular weight excluding hydrogens is 396 g/mol. The highest BCUT2D eigenvalue weighted by Crippen LogP contribution is 2.33. The number of carbonyl (C=O) groups excluding carboxylic acids is 3. The summed E-state index contributed by atoms with van der Waals surface area (Å²) in [6, 6.07) is 2.94. The van der Waals surface area contributed by atoms with Gasteiger partial charge in [0.1, 0.15) is 11.3 Å². The zero-order valence-electron chi connectivity index (χ0n) is 17.2. The minimum Gasteiger partial charge on any atom is -0.493 e. The number of hydrogen-bond acceptors (Lipinski definition) is 4. The van der Waals surface area contributed by atoms with E-state index in [1.807, 2.05) is 6.92 Å². The third-order valence-corrected chi connectivity index (χ3v) is 5.54. The van der Waals surface area contributed by atoms with E-state index in [0.717, 1.165) is 31.4 Å². The van der Waals surface area contributed by atoms with Crippen LogP contribution in [0.1, 0.15) is 52.7 Å². The normalized spacial score (nSPS) is 14.6. The summed E-state index contributed by atoms with van der Waals surface area (Å²) >= 11 is 0. The molecule has 1 aliphatic rings. The number of benzene rings is 1. The molecule has 9 heteroatoms. The first-order valence-corrected chi connectivity index (χ1v) is 9.44. The zero-order valence-corrected chi connectivity index (χ0v) is 17.2. The number of methoxy groups -OCH3 is 1. The van der Waals surface area contributed by atoms with Gasteiger partial charge in [-0.2, -0.15) is 0 Å². The number of ether oxygens (including phenoxy) is 1. The van der Waals surface area contributed by atoms with Gasteiger partial charge in [-0.1, -0.05) is 0 Å². The van der Waals surface area contributed by atoms with E-state index in [9.17, 15) is 23.2 Å². The van der Waals surface area contributed by atoms with E-state index < -0.39 is 34.8 Å². The third kappa shape index (κ3) is 3.79. The lowest BCUT2D eigenvalue weighted by Gasteiger charge is -2.38. The summed E-state index contributed by atoms with van der Waals surface area (Å²) in [5, 5.41) is 5.20. The molecule has 1 aromatic heterocycles. The van der Waals surface area contributed by atoms with Gasteiger partial charge in [0.15, 0.2) is 17.4 Å². The SMILES string of the molecule is COc1c(C(=O)Nc2ccc(F)c(F)c2)c(C)n(C)c1C(=O)C(=O)NC1(C)CCC1. The summed E-state index contributed by atoms with van der Waals surface area (Å²) in [5.74, 6) is -4.49. The fourth-order valence-corrected chi connectivity index (χ4v) is 3.53. The summed E-state index contributed by atoms with van der Waals surface area (Å²) in [6.45, 7) is 3.46. The smallest absolute Gasteiger partial charge is 0.294 e. The van der Waals surface area contributed by atoms with Crippen LogP contribution in [0.2, 0.25) is 0 Å². The van der Waals surface area contributed by atoms with Crippen molar-refractivity contribution < 1.29 is 27.9 Å². The van der Waals surface area contributed by atoms with Crippen LogP contribution in [0.4, 0.5) is 14.5 Å². The fourth-order valence-electron chi connectivity index (χ4n) is 3.53. The molecule has 7 nitrogen and oxygen atoms in total. The highest BCUT2D eigenvalue weighted by molar-refractivity contribution is 6.43. The van der Waals surface area contributed by atoms with Crippen LogP contribution >= 0.6 is 0 Å². The Hall–Kier alpha value is -3.23. The minimum atomic E-state index is -1.11. The number of carbonyl (C=O) groups is 3. The number of ketones is 1. The van der Waals surface area contributed by atoms with Crippen LogP contribution in [0.3, 0.4) is 0 Å². The number of halogens is 2. The molecule has 3 rings (SSSR count). The molecule has 2 N–H and O–H groups in total. The summed E-state index contributed by atoms with van der Waals surface area (Å²) in [4.78, 5) is 38.2. The quantitative estimate of drug-likeness (QED) is 0.556. The van der Waals surface area contributed by atoms with Gasteiger partial charge in [-0.05, 0) is 45.2 Å². The number of amides is 2. The van der Waals surface area contributed by atoms with Gasteiger partial charge in [0.25, 0.3) is 17.6 Å². The summed E-state index contributed by atoms with van der Waals surface area (Å²) in [6.07, 6.45) is 2.56. The van der Waals surface area contributed by atoms with Crippen molar-refractivity contribution in [3.05, 3.63) is 46.8 Å². The Morgan fingerprint density at radius 3 is 2.37 bits per heavy atom. The minimum absolute atomic E-state index is 0.0238. The lowest BCUT2D eigenvalue weighted by atomic mass is 9.78. The van der Waals surface area contributed by atoms with E-state index in [1.54, 1.807) is 6.92 Å². The maximum atomic E-state index is 13.4. The molecule has 160 valence electrons. The highest BCUT2D eigenvalue weighted by atomic mass is 19.2. The van der Waals surface area contributed by atoms with Crippen molar-refractivity contribution in [3.63, 3.8) is 0 Å². The van der Waals surface area contributed by atoms with Crippen LogP contribution in [0.25, 0.3) is 0 Å². The number of nitrogens with zero attached hydrogens (tertiary/aromatic N) is 1. The predicted octanol–water partition coefficient (Wildman–Crippen LogP) is 3.11. The zero-order chi connectivity index (χ0) is 22.2. The average molecular weight is 419 g/mol. The molecule has 0 saturated heterocycles. The van der Waals surface area contributed by atoms with Crippen molar-refractivity contribution in [2.75, 3.05) is 12.4 Å². The van der Waals surface area contributed by atoms with Crippen molar-refractivity contribution in [1.29, 1.82) is 0 Å². The van der Waals surface area contributed by atoms with E-state index in [4.69, 9.17) is 4.74 Å². The molecular formula is C21H23F2N3O4. The number of nitrogens with one attached hydrogen (secondary N) is 2. The van der Waals surface area contributed by atoms with Gasteiger partial charge in [0, 0.05) is 30.0 Å². The van der Waals surface area contributed by atoms with Crippen molar-refractivity contribution >= 4 is 23.3 Å². The monoisotopic (exact) mass is 419 g/mol. The molecule has 0 radical (unpaired) electrons. The Bertz CT molecular complexity index is 1040. The molecule has 0 aliphatic heterocycles. The number of aromatic nitrogens is 1. The highest BCUT2D eigenvalue weighted by Gasteiger charge is 2.37. The second kappa shape index (κ2) is 7.89. The third-order valence-electron chi connectivity index (χ3n) is 5.54. The molecule has 1 aromatic carbocycles. The predicted molar refractivity (Wildman–Crippen MR) is 106 cm³/mol. The van der Waals surface area contributed by atoms with Crippen molar-refractivity contribution in [1.82, 2.24) is 9.88 Å². The van der Waals surface area contributed by atoms with Gasteiger partial charge in [-0.25, -0.2) is 8.78 Å². The first-order chi connectivity index (χ1) is 14.1. The van der Waals surface area contributed by atoms with Gasteiger partial charge in [0.2, 0.25) is 0 Å². The first kappa shape index (κ1) is 21.5. The molecule has 0 bridgehead atoms. The lowest BCUT2D eigenvalue weighted by molar-refractivity contribution is -0.119. The summed E-state index contributed by atoms with van der Waals surface area (Å²) in [7, 11) is 2.82. The first-order valence-electron chi connectivity index (χ1n) is 9.44. The van der Waals surface area contributed by atoms with E-state index in [2.05, 4.69) is 10.6 Å². The van der Waals surface area contributed by atoms with Crippen LogP contribution in [-0.4, -0.2) is 34.8 Å². The number of hydrogen-bond donors (Lipinski definition) is 2. The Morgan fingerprint density at radius 2 is 1.83 bits per heavy atom. The molecule has 2 amide bonds. The molecule has 1 fully saturated rings. The Morgan fingerprint density at radius 1 is 1.17 bits per heavy atom. The maximum absolute atomic E-state index is 13.4. The van der Waals surface area contributed by atoms with E-state index in [1.165, 1.54) is 24.8 Å². The van der Waals surface area contributed by atoms with Crippen molar-refractivity contribution in [3.8, 4) is 5.75 Å². The lowest BCUT2D eigenvalue weighted by Crippen LogP contribution is -2.53. The molecule has 0 atom stereocenters. The molecule has 30 heavy (non-hydrogen) atoms. The molecule has 2 aromatic rings. The van der Waals surface area contributed by atoms with Gasteiger partial charge in [-0.15, -0.1) is 0 Å². The molecule has 1 saturated carbocycles. The van der Waals surface area contributed by atoms with Crippen LogP contribution < -0.4 is 15.4 Å². The van der Waals surface area contributed by atoms with Gasteiger partial charge < -0.3 is 19.9 Å². The molecule has 1 aliphatic carbocycles. The Kier molecular flexibility index (Phi) is 5.65. The summed E-state index contributed by atoms with van der Waals surface area (Å²) < 4.78 is 33.3. The van der Waals surface area contributed by atoms with Crippen LogP contribution in [0.15, 0.2) is 18.2 Å². The van der Waals surface area contributed by atoms with E-state index in [-0.39, 0.29) is 22.7 Å². The molecule has 0 unspecified atom stereocenters. The topological polar surface area (TPSA) is 89.4 Å². The van der Waals surface area contributed by atoms with Crippen molar-refractivity contribution in [2.45, 2.75) is 38.6 Å². The fraction of sp³-hybridized carbons (Fsp3) is 0.381. The summed E-state index contributed by atoms with van der Waals surface area (Å²) in [5.41, 5.74) is -0.0418. The second-order valence-corrected chi connectivity index (χ2v) is 7.68. The standard InChI is InChI=1S/C21H23F2N3O4/c1-11-15(19(28)24-12-6-7-13(22)14(23)10-12)18(30-4)16(26(11)3)17(27)20(29)25-21(2)8-5-9-21/h6-7,10H,5,8-9H2,1-4H3,(H,24,28)(H,25,29). The number of rotatable bonds is 6. The van der Waals surface area contributed by atoms with Crippen LogP contribution in [0, 0.1) is 18.6 Å². The van der Waals surface area contributed by atoms with Gasteiger partial charge in [-0.3, -0.25) is 14.4 Å². The van der Waals surface area contributed by atoms with E-state index >= 15 is 0 Å². The molecule has 0 spiro atoms. The largest absolute Gasteiger partial charge is 0.493 e. The second-order valence-electron chi connectivity index (χ2n) is 7.68. The van der Waals surface area contributed by atoms with E-state index in [0.29, 0.717) is 5.69 Å². The molecule has 1 heterocycles. The van der Waals surface area contributed by atoms with Crippen molar-refractivity contribution in [2.24, 2.45) is 7.05 Å². The van der Waals surface area contributed by atoms with Gasteiger partial charge >= 0.3 is 0 Å². The van der Waals surface area contributed by atoms with Crippen LogP contribution in [-0.2, 0) is 11.8 Å². The van der Waals surface area contributed by atoms with Crippen LogP contribution in [0.5, 0.6) is 5.75 Å². The van der Waals surface area contributed by atoms with Gasteiger partial charge in [0.05, 0.1) is 7.11 Å².